The fourth-order valence-corrected chi connectivity index (χ4v) is 8.98. The Labute approximate surface area is 272 Å². The fraction of sp³-hybridized carbons (Fsp3) is 0. The molecule has 2 aliphatic rings. The van der Waals surface area contributed by atoms with Crippen LogP contribution in [-0.4, -0.2) is 6.71 Å². The zero-order chi connectivity index (χ0) is 30.2. The second-order valence-electron chi connectivity index (χ2n) is 12.1. The summed E-state index contributed by atoms with van der Waals surface area (Å²) < 4.78 is 2.64. The first-order valence-electron chi connectivity index (χ1n) is 15.8. The predicted molar refractivity (Wildman–Crippen MR) is 199 cm³/mol. The Morgan fingerprint density at radius 3 is 1.74 bits per heavy atom. The molecule has 0 fully saturated rings. The van der Waals surface area contributed by atoms with E-state index in [0.717, 1.165) is 0 Å². The van der Waals surface area contributed by atoms with Crippen LogP contribution in [0.1, 0.15) is 0 Å². The van der Waals surface area contributed by atoms with Gasteiger partial charge in [-0.25, -0.2) is 0 Å². The third-order valence-electron chi connectivity index (χ3n) is 9.66. The van der Waals surface area contributed by atoms with E-state index in [1.807, 2.05) is 11.3 Å². The van der Waals surface area contributed by atoms with Crippen molar-refractivity contribution in [1.29, 1.82) is 0 Å². The van der Waals surface area contributed by atoms with Crippen molar-refractivity contribution in [3.63, 3.8) is 0 Å². The van der Waals surface area contributed by atoms with Crippen LogP contribution < -0.4 is 26.2 Å². The molecule has 0 saturated carbocycles. The van der Waals surface area contributed by atoms with E-state index in [0.29, 0.717) is 0 Å². The van der Waals surface area contributed by atoms with Crippen molar-refractivity contribution in [3.8, 4) is 11.1 Å². The Balaban J connectivity index is 1.27. The lowest BCUT2D eigenvalue weighted by Crippen LogP contribution is -2.61. The molecule has 0 aliphatic carbocycles. The van der Waals surface area contributed by atoms with E-state index in [1.54, 1.807) is 0 Å². The third kappa shape index (κ3) is 3.59. The summed E-state index contributed by atoms with van der Waals surface area (Å²) in [6, 6.07) is 60.1. The van der Waals surface area contributed by atoms with Gasteiger partial charge >= 0.3 is 0 Å². The number of fused-ring (bicyclic) bond motifs is 7. The molecule has 0 spiro atoms. The number of para-hydroxylation sites is 4. The maximum absolute atomic E-state index is 2.52. The molecule has 0 bridgehead atoms. The highest BCUT2D eigenvalue weighted by molar-refractivity contribution is 7.26. The molecule has 7 aromatic carbocycles. The van der Waals surface area contributed by atoms with Crippen LogP contribution in [0.2, 0.25) is 0 Å². The standard InChI is InChI=1S/C42H27BN2S/c1-2-14-28(15-3-1)44-35-22-9-6-19-32(35)43-33-20-7-10-23-36(33)45(38-25-13-24-37(44)42(38)43)34-21-8-4-16-29(34)30-18-12-27-40-41(30)31-17-5-11-26-39(31)46-40/h1-27H. The lowest BCUT2D eigenvalue weighted by Gasteiger charge is -2.44. The summed E-state index contributed by atoms with van der Waals surface area (Å²) in [7, 11) is 0. The minimum atomic E-state index is 0.131. The Kier molecular flexibility index (Phi) is 5.57. The van der Waals surface area contributed by atoms with Crippen molar-refractivity contribution in [1.82, 2.24) is 0 Å². The van der Waals surface area contributed by atoms with E-state index in [9.17, 15) is 0 Å². The summed E-state index contributed by atoms with van der Waals surface area (Å²) in [4.78, 5) is 4.96. The number of rotatable bonds is 3. The van der Waals surface area contributed by atoms with Crippen molar-refractivity contribution >= 4 is 88.7 Å². The van der Waals surface area contributed by atoms with Crippen LogP contribution in [0.5, 0.6) is 0 Å². The molecule has 2 nitrogen and oxygen atoms in total. The van der Waals surface area contributed by atoms with E-state index < -0.39 is 0 Å². The maximum atomic E-state index is 2.52. The van der Waals surface area contributed by atoms with Gasteiger partial charge < -0.3 is 9.80 Å². The second-order valence-corrected chi connectivity index (χ2v) is 13.1. The largest absolute Gasteiger partial charge is 0.311 e. The topological polar surface area (TPSA) is 6.48 Å². The van der Waals surface area contributed by atoms with Gasteiger partial charge in [-0.2, -0.15) is 0 Å². The average molecular weight is 603 g/mol. The molecule has 0 N–H and O–H groups in total. The Morgan fingerprint density at radius 2 is 0.935 bits per heavy atom. The minimum Gasteiger partial charge on any atom is -0.311 e. The van der Waals surface area contributed by atoms with Crippen molar-refractivity contribution in [2.45, 2.75) is 0 Å². The Hall–Kier alpha value is -5.58. The maximum Gasteiger partial charge on any atom is 0.252 e. The molecule has 3 heterocycles. The predicted octanol–water partition coefficient (Wildman–Crippen LogP) is 9.80. The molecule has 8 aromatic rings. The number of hydrogen-bond donors (Lipinski definition) is 0. The van der Waals surface area contributed by atoms with Gasteiger partial charge in [0.25, 0.3) is 6.71 Å². The van der Waals surface area contributed by atoms with Crippen molar-refractivity contribution < 1.29 is 0 Å². The number of benzene rings is 7. The second kappa shape index (κ2) is 9.97. The lowest BCUT2D eigenvalue weighted by atomic mass is 9.33. The monoisotopic (exact) mass is 602 g/mol. The van der Waals surface area contributed by atoms with Gasteiger partial charge in [0.2, 0.25) is 0 Å². The van der Waals surface area contributed by atoms with Crippen molar-refractivity contribution in [2.75, 3.05) is 9.80 Å². The van der Waals surface area contributed by atoms with Gasteiger partial charge in [-0.15, -0.1) is 11.3 Å². The number of hydrogen-bond acceptors (Lipinski definition) is 3. The third-order valence-corrected chi connectivity index (χ3v) is 10.8. The zero-order valence-electron chi connectivity index (χ0n) is 25.0. The van der Waals surface area contributed by atoms with Crippen LogP contribution in [-0.2, 0) is 0 Å². The molecular formula is C42H27BN2S. The molecule has 1 aromatic heterocycles. The van der Waals surface area contributed by atoms with Crippen LogP contribution >= 0.6 is 11.3 Å². The van der Waals surface area contributed by atoms with Gasteiger partial charge in [-0.3, -0.25) is 0 Å². The molecule has 214 valence electrons. The average Bonchev–Trinajstić information content (AvgIpc) is 3.51. The van der Waals surface area contributed by atoms with E-state index in [2.05, 4.69) is 174 Å². The van der Waals surface area contributed by atoms with E-state index in [4.69, 9.17) is 0 Å². The van der Waals surface area contributed by atoms with Gasteiger partial charge in [0, 0.05) is 54.2 Å². The highest BCUT2D eigenvalue weighted by atomic mass is 32.1. The SMILES string of the molecule is c1ccc(N2c3ccccc3B3c4ccccc4N(c4ccccc4-c4cccc5sc6ccccc6c45)c4cccc2c43)cc1. The van der Waals surface area contributed by atoms with Gasteiger partial charge in [0.05, 0.1) is 5.69 Å². The van der Waals surface area contributed by atoms with Gasteiger partial charge in [-0.05, 0) is 76.5 Å². The molecular weight excluding hydrogens is 575 g/mol. The number of thiophene rings is 1. The lowest BCUT2D eigenvalue weighted by molar-refractivity contribution is 1.25. The Morgan fingerprint density at radius 1 is 0.391 bits per heavy atom. The summed E-state index contributed by atoms with van der Waals surface area (Å²) in [5.41, 5.74) is 13.8. The molecule has 2 aliphatic heterocycles. The van der Waals surface area contributed by atoms with E-state index in [1.165, 1.54) is 81.8 Å². The smallest absolute Gasteiger partial charge is 0.252 e. The summed E-state index contributed by atoms with van der Waals surface area (Å²) >= 11 is 1.87. The minimum absolute atomic E-state index is 0.131. The first-order valence-corrected chi connectivity index (χ1v) is 16.6. The summed E-state index contributed by atoms with van der Waals surface area (Å²) in [6.07, 6.45) is 0. The van der Waals surface area contributed by atoms with E-state index >= 15 is 0 Å². The molecule has 10 rings (SSSR count). The van der Waals surface area contributed by atoms with Crippen LogP contribution in [0.15, 0.2) is 164 Å². The normalized spacial score (nSPS) is 13.1. The number of nitrogens with zero attached hydrogens (tertiary/aromatic N) is 2. The van der Waals surface area contributed by atoms with Crippen molar-refractivity contribution in [2.24, 2.45) is 0 Å². The van der Waals surface area contributed by atoms with Gasteiger partial charge in [0.1, 0.15) is 0 Å². The van der Waals surface area contributed by atoms with Crippen LogP contribution in [0, 0.1) is 0 Å². The molecule has 0 radical (unpaired) electrons. The van der Waals surface area contributed by atoms with Crippen LogP contribution in [0.25, 0.3) is 31.3 Å². The van der Waals surface area contributed by atoms with Crippen LogP contribution in [0.4, 0.5) is 34.1 Å². The first kappa shape index (κ1) is 25.7. The number of anilines is 6. The molecule has 4 heteroatoms. The molecule has 0 unspecified atom stereocenters. The zero-order valence-corrected chi connectivity index (χ0v) is 25.8. The van der Waals surface area contributed by atoms with Crippen LogP contribution in [0.3, 0.4) is 0 Å². The Bertz CT molecular complexity index is 2470. The van der Waals surface area contributed by atoms with Crippen molar-refractivity contribution in [3.05, 3.63) is 164 Å². The van der Waals surface area contributed by atoms with Gasteiger partial charge in [0.15, 0.2) is 0 Å². The summed E-state index contributed by atoms with van der Waals surface area (Å²) in [5.74, 6) is 0. The molecule has 0 atom stereocenters. The van der Waals surface area contributed by atoms with Gasteiger partial charge in [-0.1, -0.05) is 109 Å². The summed E-state index contributed by atoms with van der Waals surface area (Å²) in [6.45, 7) is 0.131. The quantitative estimate of drug-likeness (QED) is 0.186. The molecule has 0 amide bonds. The summed E-state index contributed by atoms with van der Waals surface area (Å²) in [5, 5.41) is 2.65. The highest BCUT2D eigenvalue weighted by Crippen LogP contribution is 2.48. The van der Waals surface area contributed by atoms with E-state index in [-0.39, 0.29) is 6.71 Å². The first-order chi connectivity index (χ1) is 22.9. The molecule has 0 saturated heterocycles. The molecule has 46 heavy (non-hydrogen) atoms. The highest BCUT2D eigenvalue weighted by Gasteiger charge is 2.43. The fourth-order valence-electron chi connectivity index (χ4n) is 7.85.